The number of carbonyl (C=O) groups is 1. The van der Waals surface area contributed by atoms with Crippen LogP contribution < -0.4 is 5.59 Å². The van der Waals surface area contributed by atoms with Gasteiger partial charge < -0.3 is 9.84 Å². The number of rotatable bonds is 1. The van der Waals surface area contributed by atoms with Gasteiger partial charge in [-0.1, -0.05) is 0 Å². The van der Waals surface area contributed by atoms with Crippen molar-refractivity contribution in [2.24, 2.45) is 0 Å². The minimum absolute atomic E-state index is 0.160. The van der Waals surface area contributed by atoms with Gasteiger partial charge in [0.25, 0.3) is 0 Å². The average Bonchev–Trinajstić information content (AvgIpc) is 2.08. The van der Waals surface area contributed by atoms with Gasteiger partial charge in [0, 0.05) is 0 Å². The summed E-state index contributed by atoms with van der Waals surface area (Å²) in [5.41, 5.74) is -0.00861. The maximum atomic E-state index is 10.9. The van der Waals surface area contributed by atoms with Crippen LogP contribution in [-0.4, -0.2) is 31.0 Å². The zero-order valence-electron chi connectivity index (χ0n) is 6.44. The Kier molecular flexibility index (Phi) is 2.33. The molecule has 0 saturated carbocycles. The van der Waals surface area contributed by atoms with Crippen LogP contribution in [0.4, 0.5) is 0 Å². The van der Waals surface area contributed by atoms with Gasteiger partial charge in [-0.05, 0) is 17.7 Å². The van der Waals surface area contributed by atoms with Gasteiger partial charge in [0.2, 0.25) is 0 Å². The molecule has 0 unspecified atom stereocenters. The van der Waals surface area contributed by atoms with Crippen molar-refractivity contribution in [3.63, 3.8) is 0 Å². The Hall–Kier alpha value is -1.52. The Morgan fingerprint density at radius 3 is 2.92 bits per heavy atom. The number of hydrogen-bond donors (Lipinski definition) is 1. The number of aromatic hydroxyl groups is 1. The molecule has 12 heavy (non-hydrogen) atoms. The lowest BCUT2D eigenvalue weighted by Crippen LogP contribution is -2.14. The summed E-state index contributed by atoms with van der Waals surface area (Å²) in [6.07, 6.45) is 0. The van der Waals surface area contributed by atoms with E-state index in [1.54, 1.807) is 0 Å². The highest BCUT2D eigenvalue weighted by molar-refractivity contribution is 6.30. The Morgan fingerprint density at radius 1 is 1.67 bits per heavy atom. The summed E-state index contributed by atoms with van der Waals surface area (Å²) in [4.78, 5) is 14.5. The van der Waals surface area contributed by atoms with Crippen LogP contribution in [0.15, 0.2) is 12.1 Å². The highest BCUT2D eigenvalue weighted by Crippen LogP contribution is 2.11. The van der Waals surface area contributed by atoms with E-state index in [2.05, 4.69) is 9.72 Å². The second-order valence-corrected chi connectivity index (χ2v) is 2.10. The van der Waals surface area contributed by atoms with Crippen LogP contribution in [-0.2, 0) is 4.74 Å². The first-order chi connectivity index (χ1) is 5.65. The molecule has 5 heteroatoms. The van der Waals surface area contributed by atoms with E-state index in [0.717, 1.165) is 0 Å². The summed E-state index contributed by atoms with van der Waals surface area (Å²) >= 11 is 0. The molecule has 1 aromatic heterocycles. The molecule has 1 heterocycles. The third-order valence-electron chi connectivity index (χ3n) is 1.27. The van der Waals surface area contributed by atoms with E-state index in [4.69, 9.17) is 13.0 Å². The maximum Gasteiger partial charge on any atom is 0.360 e. The quantitative estimate of drug-likeness (QED) is 0.442. The predicted octanol–water partition coefficient (Wildman–Crippen LogP) is -0.632. The number of aromatic nitrogens is 1. The monoisotopic (exact) mass is 163 g/mol. The van der Waals surface area contributed by atoms with Gasteiger partial charge in [-0.25, -0.2) is 4.79 Å². The zero-order valence-corrected chi connectivity index (χ0v) is 6.44. The predicted molar refractivity (Wildman–Crippen MR) is 42.6 cm³/mol. The van der Waals surface area contributed by atoms with E-state index < -0.39 is 5.97 Å². The smallest absolute Gasteiger partial charge is 0.360 e. The number of ether oxygens (including phenoxy) is 1. The van der Waals surface area contributed by atoms with Gasteiger partial charge in [0.1, 0.15) is 13.6 Å². The molecule has 0 aliphatic carbocycles. The molecule has 0 aromatic carbocycles. The molecule has 0 fully saturated rings. The Bertz CT molecular complexity index is 314. The average molecular weight is 163 g/mol. The van der Waals surface area contributed by atoms with Crippen molar-refractivity contribution >= 4 is 19.4 Å². The highest BCUT2D eigenvalue weighted by Gasteiger charge is 2.12. The van der Waals surface area contributed by atoms with Crippen LogP contribution in [0.3, 0.4) is 0 Å². The number of methoxy groups -OCH3 is 1. The van der Waals surface area contributed by atoms with Gasteiger partial charge in [-0.15, -0.1) is 0 Å². The van der Waals surface area contributed by atoms with E-state index in [0.29, 0.717) is 0 Å². The molecule has 1 rings (SSSR count). The lowest BCUT2D eigenvalue weighted by molar-refractivity contribution is 0.0590. The zero-order chi connectivity index (χ0) is 9.14. The number of pyridine rings is 1. The van der Waals surface area contributed by atoms with Crippen LogP contribution >= 0.6 is 0 Å². The molecule has 60 valence electrons. The number of esters is 1. The number of carbonyl (C=O) groups excluding carboxylic acids is 1. The van der Waals surface area contributed by atoms with Crippen molar-refractivity contribution in [3.05, 3.63) is 17.8 Å². The Labute approximate surface area is 70.6 Å². The Morgan fingerprint density at radius 2 is 2.33 bits per heavy atom. The summed E-state index contributed by atoms with van der Waals surface area (Å²) in [6.45, 7) is 0. The second-order valence-electron chi connectivity index (χ2n) is 2.10. The van der Waals surface area contributed by atoms with Crippen molar-refractivity contribution in [1.82, 2.24) is 4.98 Å². The lowest BCUT2D eigenvalue weighted by Gasteiger charge is -2.01. The number of nitrogens with zero attached hydrogens (tertiary/aromatic N) is 1. The highest BCUT2D eigenvalue weighted by atomic mass is 16.5. The first-order valence-electron chi connectivity index (χ1n) is 3.19. The first kappa shape index (κ1) is 8.58. The molecule has 0 atom stereocenters. The third kappa shape index (κ3) is 1.55. The van der Waals surface area contributed by atoms with Crippen molar-refractivity contribution in [1.29, 1.82) is 0 Å². The van der Waals surface area contributed by atoms with Gasteiger partial charge in [-0.3, -0.25) is 4.98 Å². The molecule has 0 aliphatic heterocycles. The normalized spacial score (nSPS) is 9.42. The van der Waals surface area contributed by atoms with Crippen LogP contribution in [0.25, 0.3) is 0 Å². The van der Waals surface area contributed by atoms with Crippen molar-refractivity contribution in [2.75, 3.05) is 7.11 Å². The third-order valence-corrected chi connectivity index (χ3v) is 1.27. The molecule has 2 radical (unpaired) electrons. The molecular weight excluding hydrogens is 157 g/mol. The molecule has 0 bridgehead atoms. The van der Waals surface area contributed by atoms with Gasteiger partial charge >= 0.3 is 5.97 Å². The van der Waals surface area contributed by atoms with Crippen molar-refractivity contribution < 1.29 is 14.6 Å². The summed E-state index contributed by atoms with van der Waals surface area (Å²) in [7, 11) is 6.49. The summed E-state index contributed by atoms with van der Waals surface area (Å²) in [5.74, 6) is -0.948. The van der Waals surface area contributed by atoms with Crippen LogP contribution in [0.2, 0.25) is 0 Å². The molecule has 1 N–H and O–H groups in total. The van der Waals surface area contributed by atoms with Crippen LogP contribution in [0.1, 0.15) is 10.5 Å². The van der Waals surface area contributed by atoms with Gasteiger partial charge in [0.15, 0.2) is 5.69 Å². The van der Waals surface area contributed by atoms with Crippen molar-refractivity contribution in [2.45, 2.75) is 0 Å². The first-order valence-corrected chi connectivity index (χ1v) is 3.19. The fourth-order valence-electron chi connectivity index (χ4n) is 0.714. The molecular formula is C7H6BNO3. The fraction of sp³-hybridized carbons (Fsp3) is 0.143. The molecule has 0 saturated heterocycles. The summed E-state index contributed by atoms with van der Waals surface area (Å²) < 4.78 is 4.36. The van der Waals surface area contributed by atoms with Crippen LogP contribution in [0.5, 0.6) is 5.75 Å². The van der Waals surface area contributed by atoms with E-state index in [1.807, 2.05) is 0 Å². The largest absolute Gasteiger partial charge is 0.505 e. The lowest BCUT2D eigenvalue weighted by atomic mass is 10.0. The fourth-order valence-corrected chi connectivity index (χ4v) is 0.714. The maximum absolute atomic E-state index is 10.9. The molecule has 0 amide bonds. The van der Waals surface area contributed by atoms with Gasteiger partial charge in [-0.2, -0.15) is 0 Å². The minimum atomic E-state index is -0.709. The number of hydrogen-bond acceptors (Lipinski definition) is 4. The minimum Gasteiger partial charge on any atom is -0.505 e. The van der Waals surface area contributed by atoms with E-state index in [1.165, 1.54) is 19.2 Å². The molecule has 0 aliphatic rings. The summed E-state index contributed by atoms with van der Waals surface area (Å²) in [5, 5.41) is 9.12. The molecule has 1 aromatic rings. The van der Waals surface area contributed by atoms with E-state index >= 15 is 0 Å². The van der Waals surface area contributed by atoms with E-state index in [9.17, 15) is 4.79 Å². The Balaban J connectivity index is 3.13. The van der Waals surface area contributed by atoms with Gasteiger partial charge in [0.05, 0.1) is 7.11 Å². The summed E-state index contributed by atoms with van der Waals surface area (Å²) in [6, 6.07) is 2.68. The van der Waals surface area contributed by atoms with Crippen molar-refractivity contribution in [3.8, 4) is 5.75 Å². The SMILES string of the molecule is [B]c1ccc(O)c(C(=O)OC)n1. The molecule has 0 spiro atoms. The second kappa shape index (κ2) is 3.25. The standard InChI is InChI=1S/C7H6BNO3/c1-12-7(11)6-4(10)2-3-5(8)9-6/h2-3,10H,1H3. The molecule has 4 nitrogen and oxygen atoms in total. The topological polar surface area (TPSA) is 59.4 Å². The van der Waals surface area contributed by atoms with Crippen LogP contribution in [0, 0.1) is 0 Å². The van der Waals surface area contributed by atoms with E-state index in [-0.39, 0.29) is 17.0 Å².